The molecule has 0 radical (unpaired) electrons. The van der Waals surface area contributed by atoms with Crippen LogP contribution in [0.5, 0.6) is 5.75 Å². The van der Waals surface area contributed by atoms with Crippen LogP contribution in [0.2, 0.25) is 0 Å². The Morgan fingerprint density at radius 2 is 1.89 bits per heavy atom. The summed E-state index contributed by atoms with van der Waals surface area (Å²) in [6.45, 7) is 3.98. The lowest BCUT2D eigenvalue weighted by Crippen LogP contribution is -2.06. The molecule has 0 amide bonds. The Morgan fingerprint density at radius 1 is 1.17 bits per heavy atom. The number of aliphatic hydroxyl groups excluding tert-OH is 1. The first-order valence-corrected chi connectivity index (χ1v) is 6.11. The highest BCUT2D eigenvalue weighted by Crippen LogP contribution is 2.21. The summed E-state index contributed by atoms with van der Waals surface area (Å²) < 4.78 is 10.5. The van der Waals surface area contributed by atoms with Crippen LogP contribution in [0, 0.1) is 0 Å². The van der Waals surface area contributed by atoms with Gasteiger partial charge >= 0.3 is 0 Å². The predicted molar refractivity (Wildman–Crippen MR) is 69.6 cm³/mol. The molecule has 0 saturated heterocycles. The van der Waals surface area contributed by atoms with Gasteiger partial charge in [0.1, 0.15) is 5.75 Å². The van der Waals surface area contributed by atoms with Crippen molar-refractivity contribution in [1.82, 2.24) is 0 Å². The van der Waals surface area contributed by atoms with E-state index in [-0.39, 0.29) is 6.10 Å². The highest BCUT2D eigenvalue weighted by atomic mass is 16.5. The largest absolute Gasteiger partial charge is 0.491 e. The third-order valence-electron chi connectivity index (χ3n) is 2.65. The highest BCUT2D eigenvalue weighted by molar-refractivity contribution is 5.29. The van der Waals surface area contributed by atoms with Gasteiger partial charge in [0.15, 0.2) is 0 Å². The molecule has 1 aromatic heterocycles. The molecule has 1 N–H and O–H groups in total. The van der Waals surface area contributed by atoms with Crippen LogP contribution in [0.3, 0.4) is 0 Å². The molecule has 1 aromatic carbocycles. The van der Waals surface area contributed by atoms with E-state index in [0.717, 1.165) is 16.9 Å². The topological polar surface area (TPSA) is 42.6 Å². The highest BCUT2D eigenvalue weighted by Gasteiger charge is 2.09. The standard InChI is InChI=1S/C15H18O3/c1-11(2)18-14-5-3-13(4-6-14)15(16)9-12-7-8-17-10-12/h3-8,10-11,15-16H,9H2,1-2H3. The molecular formula is C15H18O3. The van der Waals surface area contributed by atoms with E-state index in [2.05, 4.69) is 0 Å². The van der Waals surface area contributed by atoms with Crippen molar-refractivity contribution in [1.29, 1.82) is 0 Å². The maximum atomic E-state index is 10.1. The van der Waals surface area contributed by atoms with Crippen LogP contribution in [0.1, 0.15) is 31.1 Å². The Hall–Kier alpha value is -1.74. The molecule has 2 rings (SSSR count). The van der Waals surface area contributed by atoms with Crippen molar-refractivity contribution in [2.24, 2.45) is 0 Å². The minimum absolute atomic E-state index is 0.159. The van der Waals surface area contributed by atoms with E-state index < -0.39 is 6.10 Å². The zero-order valence-corrected chi connectivity index (χ0v) is 10.7. The SMILES string of the molecule is CC(C)Oc1ccc(C(O)Cc2ccoc2)cc1. The van der Waals surface area contributed by atoms with Crippen LogP contribution in [0.25, 0.3) is 0 Å². The van der Waals surface area contributed by atoms with Crippen molar-refractivity contribution >= 4 is 0 Å². The Bertz CT molecular complexity index is 457. The predicted octanol–water partition coefficient (Wildman–Crippen LogP) is 3.34. The maximum Gasteiger partial charge on any atom is 0.119 e. The lowest BCUT2D eigenvalue weighted by atomic mass is 10.0. The number of benzene rings is 1. The number of ether oxygens (including phenoxy) is 1. The maximum absolute atomic E-state index is 10.1. The normalized spacial score (nSPS) is 12.7. The van der Waals surface area contributed by atoms with Gasteiger partial charge in [-0.1, -0.05) is 12.1 Å². The zero-order chi connectivity index (χ0) is 13.0. The monoisotopic (exact) mass is 246 g/mol. The second-order valence-corrected chi connectivity index (χ2v) is 4.59. The van der Waals surface area contributed by atoms with Crippen molar-refractivity contribution in [3.63, 3.8) is 0 Å². The molecule has 3 nitrogen and oxygen atoms in total. The lowest BCUT2D eigenvalue weighted by molar-refractivity contribution is 0.178. The van der Waals surface area contributed by atoms with Crippen LogP contribution in [0.4, 0.5) is 0 Å². The number of hydrogen-bond acceptors (Lipinski definition) is 3. The Kier molecular flexibility index (Phi) is 4.05. The fourth-order valence-electron chi connectivity index (χ4n) is 1.79. The van der Waals surface area contributed by atoms with E-state index >= 15 is 0 Å². The van der Waals surface area contributed by atoms with Gasteiger partial charge in [-0.3, -0.25) is 0 Å². The van der Waals surface area contributed by atoms with Gasteiger partial charge in [-0.05, 0) is 43.2 Å². The summed E-state index contributed by atoms with van der Waals surface area (Å²) in [6.07, 6.45) is 3.46. The van der Waals surface area contributed by atoms with Crippen LogP contribution < -0.4 is 4.74 Å². The van der Waals surface area contributed by atoms with Crippen LogP contribution in [0.15, 0.2) is 47.3 Å². The third kappa shape index (κ3) is 3.37. The van der Waals surface area contributed by atoms with Gasteiger partial charge in [-0.25, -0.2) is 0 Å². The molecular weight excluding hydrogens is 228 g/mol. The first-order chi connectivity index (χ1) is 8.65. The van der Waals surface area contributed by atoms with Crippen molar-refractivity contribution in [2.45, 2.75) is 32.5 Å². The molecule has 96 valence electrons. The van der Waals surface area contributed by atoms with Gasteiger partial charge in [-0.15, -0.1) is 0 Å². The second-order valence-electron chi connectivity index (χ2n) is 4.59. The lowest BCUT2D eigenvalue weighted by Gasteiger charge is -2.12. The van der Waals surface area contributed by atoms with Gasteiger partial charge < -0.3 is 14.3 Å². The third-order valence-corrected chi connectivity index (χ3v) is 2.65. The van der Waals surface area contributed by atoms with Crippen LogP contribution in [-0.2, 0) is 6.42 Å². The van der Waals surface area contributed by atoms with Crippen molar-refractivity contribution in [2.75, 3.05) is 0 Å². The van der Waals surface area contributed by atoms with Gasteiger partial charge in [-0.2, -0.15) is 0 Å². The Morgan fingerprint density at radius 3 is 2.44 bits per heavy atom. The molecule has 1 heterocycles. The number of hydrogen-bond donors (Lipinski definition) is 1. The molecule has 0 fully saturated rings. The molecule has 0 bridgehead atoms. The smallest absolute Gasteiger partial charge is 0.119 e. The number of rotatable bonds is 5. The van der Waals surface area contributed by atoms with Crippen LogP contribution in [-0.4, -0.2) is 11.2 Å². The number of furan rings is 1. The Labute approximate surface area is 107 Å². The van der Waals surface area contributed by atoms with E-state index in [9.17, 15) is 5.11 Å². The van der Waals surface area contributed by atoms with E-state index in [0.29, 0.717) is 6.42 Å². The molecule has 2 aromatic rings. The summed E-state index contributed by atoms with van der Waals surface area (Å²) in [7, 11) is 0. The minimum Gasteiger partial charge on any atom is -0.491 e. The molecule has 3 heteroatoms. The minimum atomic E-state index is -0.518. The van der Waals surface area contributed by atoms with Gasteiger partial charge in [0.25, 0.3) is 0 Å². The zero-order valence-electron chi connectivity index (χ0n) is 10.7. The molecule has 0 aliphatic rings. The van der Waals surface area contributed by atoms with Crippen molar-refractivity contribution < 1.29 is 14.3 Å². The molecule has 0 saturated carbocycles. The van der Waals surface area contributed by atoms with Gasteiger partial charge in [0.2, 0.25) is 0 Å². The average molecular weight is 246 g/mol. The van der Waals surface area contributed by atoms with Crippen molar-refractivity contribution in [3.05, 3.63) is 54.0 Å². The fourth-order valence-corrected chi connectivity index (χ4v) is 1.79. The van der Waals surface area contributed by atoms with E-state index in [4.69, 9.17) is 9.15 Å². The Balaban J connectivity index is 2.00. The average Bonchev–Trinajstić information content (AvgIpc) is 2.82. The summed E-state index contributed by atoms with van der Waals surface area (Å²) in [6, 6.07) is 9.41. The van der Waals surface area contributed by atoms with Crippen molar-refractivity contribution in [3.8, 4) is 5.75 Å². The first-order valence-electron chi connectivity index (χ1n) is 6.11. The van der Waals surface area contributed by atoms with E-state index in [1.165, 1.54) is 0 Å². The summed E-state index contributed by atoms with van der Waals surface area (Å²) in [5.74, 6) is 0.823. The quantitative estimate of drug-likeness (QED) is 0.879. The second kappa shape index (κ2) is 5.74. The fraction of sp³-hybridized carbons (Fsp3) is 0.333. The summed E-state index contributed by atoms with van der Waals surface area (Å²) in [5, 5.41) is 10.1. The van der Waals surface area contributed by atoms with Crippen LogP contribution >= 0.6 is 0 Å². The first kappa shape index (κ1) is 12.7. The molecule has 18 heavy (non-hydrogen) atoms. The summed E-state index contributed by atoms with van der Waals surface area (Å²) in [5.41, 5.74) is 1.87. The molecule has 1 unspecified atom stereocenters. The molecule has 0 aliphatic heterocycles. The molecule has 0 aliphatic carbocycles. The molecule has 0 spiro atoms. The van der Waals surface area contributed by atoms with E-state index in [1.807, 2.05) is 44.2 Å². The summed E-state index contributed by atoms with van der Waals surface area (Å²) in [4.78, 5) is 0. The van der Waals surface area contributed by atoms with Gasteiger partial charge in [0.05, 0.1) is 24.7 Å². The summed E-state index contributed by atoms with van der Waals surface area (Å²) >= 11 is 0. The number of aliphatic hydroxyl groups is 1. The van der Waals surface area contributed by atoms with E-state index in [1.54, 1.807) is 12.5 Å². The molecule has 1 atom stereocenters. The van der Waals surface area contributed by atoms with Gasteiger partial charge in [0, 0.05) is 6.42 Å².